The van der Waals surface area contributed by atoms with Gasteiger partial charge in [0, 0.05) is 6.07 Å². The van der Waals surface area contributed by atoms with Crippen LogP contribution >= 0.6 is 0 Å². The van der Waals surface area contributed by atoms with E-state index in [1.165, 1.54) is 25.6 Å². The molecule has 0 N–H and O–H groups in total. The third-order valence-electron chi connectivity index (χ3n) is 3.50. The lowest BCUT2D eigenvalue weighted by atomic mass is 10.1. The van der Waals surface area contributed by atoms with Gasteiger partial charge in [-0.3, -0.25) is 0 Å². The van der Waals surface area contributed by atoms with E-state index < -0.39 is 5.97 Å². The van der Waals surface area contributed by atoms with Crippen molar-refractivity contribution in [2.45, 2.75) is 6.54 Å². The first-order valence-electron chi connectivity index (χ1n) is 7.41. The highest BCUT2D eigenvalue weighted by Gasteiger charge is 2.13. The smallest absolute Gasteiger partial charge is 0.343 e. The third-order valence-corrected chi connectivity index (χ3v) is 3.50. The van der Waals surface area contributed by atoms with Gasteiger partial charge in [0.2, 0.25) is 0 Å². The second-order valence-corrected chi connectivity index (χ2v) is 5.16. The Hall–Kier alpha value is -3.66. The molecule has 0 aliphatic rings. The molecule has 0 bridgehead atoms. The van der Waals surface area contributed by atoms with Gasteiger partial charge in [0.05, 0.1) is 30.9 Å². The predicted octanol–water partition coefficient (Wildman–Crippen LogP) is 2.43. The number of hydrogen-bond donors (Lipinski definition) is 0. The molecule has 0 saturated heterocycles. The molecule has 1 aromatic heterocycles. The van der Waals surface area contributed by atoms with E-state index in [9.17, 15) is 4.79 Å². The van der Waals surface area contributed by atoms with E-state index in [0.717, 1.165) is 5.56 Å². The second-order valence-electron chi connectivity index (χ2n) is 5.16. The molecule has 25 heavy (non-hydrogen) atoms. The number of ether oxygens (including phenoxy) is 2. The molecule has 1 heterocycles. The van der Waals surface area contributed by atoms with Crippen molar-refractivity contribution in [3.8, 4) is 17.6 Å². The number of esters is 1. The van der Waals surface area contributed by atoms with Gasteiger partial charge in [-0.05, 0) is 29.8 Å². The molecule has 2 aromatic carbocycles. The Morgan fingerprint density at radius 3 is 2.64 bits per heavy atom. The van der Waals surface area contributed by atoms with Crippen LogP contribution < -0.4 is 9.47 Å². The van der Waals surface area contributed by atoms with Crippen LogP contribution in [0, 0.1) is 11.3 Å². The number of nitriles is 1. The summed E-state index contributed by atoms with van der Waals surface area (Å²) in [4.78, 5) is 16.2. The van der Waals surface area contributed by atoms with Crippen LogP contribution in [0.25, 0.3) is 0 Å². The molecule has 7 heteroatoms. The second kappa shape index (κ2) is 7.27. The molecule has 0 spiro atoms. The van der Waals surface area contributed by atoms with Crippen molar-refractivity contribution >= 4 is 5.97 Å². The molecule has 0 amide bonds. The maximum atomic E-state index is 12.3. The van der Waals surface area contributed by atoms with Crippen molar-refractivity contribution in [3.05, 3.63) is 71.8 Å². The highest BCUT2D eigenvalue weighted by atomic mass is 16.6. The molecular formula is C18H14N4O3. The number of rotatable bonds is 5. The van der Waals surface area contributed by atoms with Crippen molar-refractivity contribution in [1.29, 1.82) is 5.26 Å². The Morgan fingerprint density at radius 1 is 1.20 bits per heavy atom. The van der Waals surface area contributed by atoms with E-state index in [0.29, 0.717) is 23.4 Å². The monoisotopic (exact) mass is 334 g/mol. The van der Waals surface area contributed by atoms with E-state index in [-0.39, 0.29) is 5.75 Å². The third kappa shape index (κ3) is 3.82. The van der Waals surface area contributed by atoms with E-state index >= 15 is 0 Å². The zero-order valence-corrected chi connectivity index (χ0v) is 13.4. The minimum Gasteiger partial charge on any atom is -0.493 e. The summed E-state index contributed by atoms with van der Waals surface area (Å²) in [5.41, 5.74) is 1.82. The molecule has 0 atom stereocenters. The topological polar surface area (TPSA) is 90.0 Å². The average Bonchev–Trinajstić information content (AvgIpc) is 3.15. The van der Waals surface area contributed by atoms with Crippen LogP contribution in [-0.2, 0) is 6.54 Å². The fourth-order valence-corrected chi connectivity index (χ4v) is 2.23. The summed E-state index contributed by atoms with van der Waals surface area (Å²) in [5.74, 6) is 0.0868. The van der Waals surface area contributed by atoms with Crippen molar-refractivity contribution < 1.29 is 14.3 Å². The lowest BCUT2D eigenvalue weighted by molar-refractivity contribution is 0.0729. The zero-order valence-electron chi connectivity index (χ0n) is 13.4. The van der Waals surface area contributed by atoms with Crippen LogP contribution in [-0.4, -0.2) is 27.8 Å². The molecule has 7 nitrogen and oxygen atoms in total. The van der Waals surface area contributed by atoms with Crippen molar-refractivity contribution in [1.82, 2.24) is 14.8 Å². The van der Waals surface area contributed by atoms with Crippen LogP contribution in [0.3, 0.4) is 0 Å². The molecule has 0 aliphatic heterocycles. The van der Waals surface area contributed by atoms with Gasteiger partial charge < -0.3 is 9.47 Å². The number of carbonyl (C=O) groups is 1. The highest BCUT2D eigenvalue weighted by Crippen LogP contribution is 2.28. The lowest BCUT2D eigenvalue weighted by Gasteiger charge is -2.09. The first-order valence-corrected chi connectivity index (χ1v) is 7.41. The van der Waals surface area contributed by atoms with Gasteiger partial charge in [0.25, 0.3) is 0 Å². The summed E-state index contributed by atoms with van der Waals surface area (Å²) in [6, 6.07) is 13.6. The standard InChI is InChI=1S/C18H14N4O3/c1-24-17-8-14(9-19)4-7-16(17)25-18(23)15-5-2-13(3-6-15)10-22-12-20-11-21-22/h2-8,11-12H,10H2,1H3. The van der Waals surface area contributed by atoms with Crippen LogP contribution in [0.4, 0.5) is 0 Å². The molecular weight excluding hydrogens is 320 g/mol. The van der Waals surface area contributed by atoms with E-state index in [4.69, 9.17) is 14.7 Å². The highest BCUT2D eigenvalue weighted by molar-refractivity contribution is 5.91. The molecule has 0 radical (unpaired) electrons. The normalized spacial score (nSPS) is 10.1. The molecule has 124 valence electrons. The summed E-state index contributed by atoms with van der Waals surface area (Å²) in [6.07, 6.45) is 3.09. The van der Waals surface area contributed by atoms with Crippen molar-refractivity contribution in [2.24, 2.45) is 0 Å². The number of carbonyl (C=O) groups excluding carboxylic acids is 1. The fraction of sp³-hybridized carbons (Fsp3) is 0.111. The van der Waals surface area contributed by atoms with E-state index in [1.807, 2.05) is 18.2 Å². The summed E-state index contributed by atoms with van der Waals surface area (Å²) in [5, 5.41) is 12.9. The predicted molar refractivity (Wildman–Crippen MR) is 88.2 cm³/mol. The summed E-state index contributed by atoms with van der Waals surface area (Å²) in [6.45, 7) is 0.568. The molecule has 0 fully saturated rings. The number of benzene rings is 2. The summed E-state index contributed by atoms with van der Waals surface area (Å²) < 4.78 is 12.2. The van der Waals surface area contributed by atoms with Gasteiger partial charge in [-0.2, -0.15) is 10.4 Å². The van der Waals surface area contributed by atoms with Gasteiger partial charge in [0.15, 0.2) is 11.5 Å². The molecule has 0 saturated carbocycles. The Labute approximate surface area is 144 Å². The largest absolute Gasteiger partial charge is 0.493 e. The van der Waals surface area contributed by atoms with Crippen LogP contribution in [0.5, 0.6) is 11.5 Å². The minimum atomic E-state index is -0.504. The van der Waals surface area contributed by atoms with Gasteiger partial charge in [-0.1, -0.05) is 12.1 Å². The average molecular weight is 334 g/mol. The Balaban J connectivity index is 1.72. The van der Waals surface area contributed by atoms with Gasteiger partial charge in [0.1, 0.15) is 12.7 Å². The first kappa shape index (κ1) is 16.2. The Bertz CT molecular complexity index is 912. The van der Waals surface area contributed by atoms with E-state index in [1.54, 1.807) is 29.2 Å². The number of hydrogen-bond acceptors (Lipinski definition) is 6. The zero-order chi connectivity index (χ0) is 17.6. The van der Waals surface area contributed by atoms with Crippen LogP contribution in [0.1, 0.15) is 21.5 Å². The van der Waals surface area contributed by atoms with Crippen LogP contribution in [0.15, 0.2) is 55.1 Å². The maximum Gasteiger partial charge on any atom is 0.343 e. The van der Waals surface area contributed by atoms with Crippen molar-refractivity contribution in [2.75, 3.05) is 7.11 Å². The molecule has 0 unspecified atom stereocenters. The molecule has 3 aromatic rings. The van der Waals surface area contributed by atoms with E-state index in [2.05, 4.69) is 10.1 Å². The fourth-order valence-electron chi connectivity index (χ4n) is 2.23. The number of aromatic nitrogens is 3. The maximum absolute atomic E-state index is 12.3. The summed E-state index contributed by atoms with van der Waals surface area (Å²) in [7, 11) is 1.45. The lowest BCUT2D eigenvalue weighted by Crippen LogP contribution is -2.09. The first-order chi connectivity index (χ1) is 12.2. The Morgan fingerprint density at radius 2 is 2.00 bits per heavy atom. The minimum absolute atomic E-state index is 0.262. The van der Waals surface area contributed by atoms with Crippen molar-refractivity contribution in [3.63, 3.8) is 0 Å². The number of nitrogens with zero attached hydrogens (tertiary/aromatic N) is 4. The van der Waals surface area contributed by atoms with Gasteiger partial charge in [-0.25, -0.2) is 14.5 Å². The van der Waals surface area contributed by atoms with Gasteiger partial charge in [-0.15, -0.1) is 0 Å². The SMILES string of the molecule is COc1cc(C#N)ccc1OC(=O)c1ccc(Cn2cncn2)cc1. The van der Waals surface area contributed by atoms with Crippen LogP contribution in [0.2, 0.25) is 0 Å². The number of methoxy groups -OCH3 is 1. The molecule has 3 rings (SSSR count). The quantitative estimate of drug-likeness (QED) is 0.526. The molecule has 0 aliphatic carbocycles. The van der Waals surface area contributed by atoms with Gasteiger partial charge >= 0.3 is 5.97 Å². The summed E-state index contributed by atoms with van der Waals surface area (Å²) >= 11 is 0. The Kier molecular flexibility index (Phi) is 4.72.